The van der Waals surface area contributed by atoms with Crippen LogP contribution in [0.5, 0.6) is 0 Å². The monoisotopic (exact) mass is 344 g/mol. The van der Waals surface area contributed by atoms with Crippen LogP contribution in [0.1, 0.15) is 41.5 Å². The molecule has 0 aliphatic carbocycles. The Hall–Kier alpha value is -0.0000000000000000416. The van der Waals surface area contributed by atoms with Crippen molar-refractivity contribution in [2.45, 2.75) is 59.9 Å². The second-order valence-electron chi connectivity index (χ2n) is 5.02. The maximum absolute atomic E-state index is 12.6. The number of phosphoric acid groups is 2. The molecule has 1 atom stereocenters. The van der Waals surface area contributed by atoms with Gasteiger partial charge >= 0.3 is 15.6 Å². The summed E-state index contributed by atoms with van der Waals surface area (Å²) in [6.07, 6.45) is -0.00722. The molecule has 0 radical (unpaired) electrons. The molecular weight excluding hydrogens is 318 g/mol. The van der Waals surface area contributed by atoms with Crippen LogP contribution in [0.3, 0.4) is 0 Å². The Labute approximate surface area is 127 Å². The van der Waals surface area contributed by atoms with Crippen molar-refractivity contribution in [1.82, 2.24) is 0 Å². The van der Waals surface area contributed by atoms with Crippen molar-refractivity contribution in [1.29, 1.82) is 0 Å². The van der Waals surface area contributed by atoms with Gasteiger partial charge in [0, 0.05) is 0 Å². The molecule has 0 saturated carbocycles. The maximum Gasteiger partial charge on any atom is 0.484 e. The molecule has 0 saturated heterocycles. The summed E-state index contributed by atoms with van der Waals surface area (Å²) in [5.74, 6) is 0. The highest BCUT2D eigenvalue weighted by Gasteiger charge is 2.42. The van der Waals surface area contributed by atoms with Crippen LogP contribution in [0, 0.1) is 0 Å². The predicted molar refractivity (Wildman–Crippen MR) is 81.1 cm³/mol. The summed E-state index contributed by atoms with van der Waals surface area (Å²) >= 11 is 0. The van der Waals surface area contributed by atoms with Gasteiger partial charge in [0.15, 0.2) is 0 Å². The Kier molecular flexibility index (Phi) is 9.21. The lowest BCUT2D eigenvalue weighted by Crippen LogP contribution is -2.12. The minimum Gasteiger partial charge on any atom is -0.284 e. The van der Waals surface area contributed by atoms with Crippen molar-refractivity contribution in [2.24, 2.45) is 0 Å². The minimum atomic E-state index is -4.11. The molecule has 0 heterocycles. The molecule has 9 heteroatoms. The Balaban J connectivity index is 5.23. The van der Waals surface area contributed by atoms with E-state index in [1.54, 1.807) is 41.5 Å². The van der Waals surface area contributed by atoms with Gasteiger partial charge in [-0.3, -0.25) is 18.1 Å². The highest BCUT2D eigenvalue weighted by atomic mass is 31.3. The highest BCUT2D eigenvalue weighted by Crippen LogP contribution is 2.67. The van der Waals surface area contributed by atoms with Gasteiger partial charge in [0.25, 0.3) is 0 Å². The third kappa shape index (κ3) is 9.59. The maximum atomic E-state index is 12.6. The van der Waals surface area contributed by atoms with Gasteiger partial charge in [-0.2, -0.15) is 4.31 Å². The summed E-state index contributed by atoms with van der Waals surface area (Å²) in [7, 11) is -8.21. The summed E-state index contributed by atoms with van der Waals surface area (Å²) < 4.78 is 50.6. The van der Waals surface area contributed by atoms with Crippen LogP contribution in [-0.4, -0.2) is 24.9 Å². The van der Waals surface area contributed by atoms with Crippen molar-refractivity contribution in [3.05, 3.63) is 12.7 Å². The molecular formula is C12H26O7P2. The molecule has 21 heavy (non-hydrogen) atoms. The SMILES string of the molecule is C=CCOP(=O)(OC(C)C)OP(=O)(OC(C)C)OC(C)C. The summed E-state index contributed by atoms with van der Waals surface area (Å²) in [4.78, 5) is 0. The van der Waals surface area contributed by atoms with Crippen molar-refractivity contribution in [3.8, 4) is 0 Å². The fraction of sp³-hybridized carbons (Fsp3) is 0.833. The van der Waals surface area contributed by atoms with Gasteiger partial charge in [0.1, 0.15) is 0 Å². The van der Waals surface area contributed by atoms with E-state index in [0.29, 0.717) is 0 Å². The van der Waals surface area contributed by atoms with Crippen molar-refractivity contribution in [2.75, 3.05) is 6.61 Å². The zero-order valence-corrected chi connectivity index (χ0v) is 15.3. The number of rotatable bonds is 11. The van der Waals surface area contributed by atoms with Crippen molar-refractivity contribution >= 4 is 15.6 Å². The molecule has 0 aromatic rings. The largest absolute Gasteiger partial charge is 0.484 e. The molecule has 126 valence electrons. The number of phosphoric ester groups is 2. The molecule has 0 fully saturated rings. The summed E-state index contributed by atoms with van der Waals surface area (Å²) in [6, 6.07) is 0. The van der Waals surface area contributed by atoms with Gasteiger partial charge < -0.3 is 0 Å². The van der Waals surface area contributed by atoms with E-state index >= 15 is 0 Å². The summed E-state index contributed by atoms with van der Waals surface area (Å²) in [5.41, 5.74) is 0. The second-order valence-corrected chi connectivity index (χ2v) is 8.36. The lowest BCUT2D eigenvalue weighted by atomic mass is 10.5. The Morgan fingerprint density at radius 3 is 1.57 bits per heavy atom. The van der Waals surface area contributed by atoms with Gasteiger partial charge in [-0.1, -0.05) is 6.08 Å². The van der Waals surface area contributed by atoms with Gasteiger partial charge in [-0.15, -0.1) is 6.58 Å². The third-order valence-electron chi connectivity index (χ3n) is 1.57. The average Bonchev–Trinajstić information content (AvgIpc) is 2.21. The van der Waals surface area contributed by atoms with E-state index in [1.807, 2.05) is 0 Å². The van der Waals surface area contributed by atoms with E-state index in [1.165, 1.54) is 6.08 Å². The summed E-state index contributed by atoms with van der Waals surface area (Å²) in [5, 5.41) is 0. The van der Waals surface area contributed by atoms with Crippen molar-refractivity contribution < 1.29 is 31.5 Å². The third-order valence-corrected chi connectivity index (χ3v) is 5.68. The lowest BCUT2D eigenvalue weighted by Gasteiger charge is -2.26. The van der Waals surface area contributed by atoms with Crippen LogP contribution in [0.2, 0.25) is 0 Å². The van der Waals surface area contributed by atoms with Crippen LogP contribution < -0.4 is 0 Å². The zero-order valence-electron chi connectivity index (χ0n) is 13.5. The van der Waals surface area contributed by atoms with Crippen LogP contribution in [0.4, 0.5) is 0 Å². The van der Waals surface area contributed by atoms with Gasteiger partial charge in [0.2, 0.25) is 0 Å². The molecule has 0 N–H and O–H groups in total. The molecule has 0 aliphatic heterocycles. The van der Waals surface area contributed by atoms with E-state index in [2.05, 4.69) is 6.58 Å². The first-order chi connectivity index (χ1) is 9.52. The first kappa shape index (κ1) is 21.0. The Morgan fingerprint density at radius 1 is 0.857 bits per heavy atom. The first-order valence-electron chi connectivity index (χ1n) is 6.74. The fourth-order valence-electron chi connectivity index (χ4n) is 1.18. The molecule has 0 spiro atoms. The molecule has 1 unspecified atom stereocenters. The molecule has 0 bridgehead atoms. The topological polar surface area (TPSA) is 80.3 Å². The van der Waals surface area contributed by atoms with E-state index in [0.717, 1.165) is 0 Å². The average molecular weight is 344 g/mol. The van der Waals surface area contributed by atoms with Crippen LogP contribution in [0.25, 0.3) is 0 Å². The number of hydrogen-bond donors (Lipinski definition) is 0. The van der Waals surface area contributed by atoms with Crippen LogP contribution in [-0.2, 0) is 31.5 Å². The summed E-state index contributed by atoms with van der Waals surface area (Å²) in [6.45, 7) is 13.3. The standard InChI is InChI=1S/C12H26O7P2/c1-8-9-15-20(13,16-10(2)3)19-21(14,17-11(4)5)18-12(6)7/h8,10-12H,1,9H2,2-7H3. The van der Waals surface area contributed by atoms with E-state index in [-0.39, 0.29) is 6.61 Å². The molecule has 0 aliphatic rings. The lowest BCUT2D eigenvalue weighted by molar-refractivity contribution is 0.0747. The molecule has 0 aromatic carbocycles. The highest BCUT2D eigenvalue weighted by molar-refractivity contribution is 7.62. The molecule has 0 rings (SSSR count). The van der Waals surface area contributed by atoms with E-state index < -0.39 is 34.0 Å². The molecule has 0 amide bonds. The van der Waals surface area contributed by atoms with E-state index in [9.17, 15) is 9.13 Å². The van der Waals surface area contributed by atoms with Gasteiger partial charge in [0.05, 0.1) is 24.9 Å². The Morgan fingerprint density at radius 2 is 1.24 bits per heavy atom. The first-order valence-corrected chi connectivity index (χ1v) is 9.66. The zero-order chi connectivity index (χ0) is 16.7. The second kappa shape index (κ2) is 9.21. The molecule has 7 nitrogen and oxygen atoms in total. The van der Waals surface area contributed by atoms with E-state index in [4.69, 9.17) is 22.4 Å². The normalized spacial score (nSPS) is 15.7. The predicted octanol–water partition coefficient (Wildman–Crippen LogP) is 4.70. The smallest absolute Gasteiger partial charge is 0.284 e. The minimum absolute atomic E-state index is 0.0899. The van der Waals surface area contributed by atoms with Gasteiger partial charge in [-0.25, -0.2) is 9.13 Å². The van der Waals surface area contributed by atoms with Crippen molar-refractivity contribution in [3.63, 3.8) is 0 Å². The fourth-order valence-corrected chi connectivity index (χ4v) is 4.76. The Bertz CT molecular complexity index is 392. The van der Waals surface area contributed by atoms with Crippen LogP contribution >= 0.6 is 15.6 Å². The molecule has 0 aromatic heterocycles. The quantitative estimate of drug-likeness (QED) is 0.397. The van der Waals surface area contributed by atoms with Gasteiger partial charge in [-0.05, 0) is 41.5 Å². The van der Waals surface area contributed by atoms with Crippen LogP contribution in [0.15, 0.2) is 12.7 Å². The number of hydrogen-bond acceptors (Lipinski definition) is 7.